The molecule has 0 bridgehead atoms. The van der Waals surface area contributed by atoms with Crippen LogP contribution >= 0.6 is 0 Å². The number of hydrogen-bond donors (Lipinski definition) is 2. The number of nitrogens with two attached hydrogens (primary N) is 1. The van der Waals surface area contributed by atoms with Gasteiger partial charge in [0.1, 0.15) is 12.1 Å². The van der Waals surface area contributed by atoms with Gasteiger partial charge in [-0.2, -0.15) is 0 Å². The predicted molar refractivity (Wildman–Crippen MR) is 83.3 cm³/mol. The molecule has 1 aliphatic rings. The second kappa shape index (κ2) is 6.46. The van der Waals surface area contributed by atoms with Gasteiger partial charge in [0.05, 0.1) is 0 Å². The maximum Gasteiger partial charge on any atom is 0.227 e. The van der Waals surface area contributed by atoms with Crippen molar-refractivity contribution in [2.75, 3.05) is 12.4 Å². The van der Waals surface area contributed by atoms with Crippen molar-refractivity contribution in [3.8, 4) is 0 Å². The first kappa shape index (κ1) is 15.0. The van der Waals surface area contributed by atoms with Gasteiger partial charge in [0.2, 0.25) is 11.8 Å². The molecule has 0 saturated heterocycles. The lowest BCUT2D eigenvalue weighted by molar-refractivity contribution is -0.120. The molecule has 6 nitrogen and oxygen atoms in total. The number of nitrogens with zero attached hydrogens (tertiary/aromatic N) is 1. The average Bonchev–Trinajstić information content (AvgIpc) is 2.89. The maximum atomic E-state index is 12.3. The van der Waals surface area contributed by atoms with E-state index in [9.17, 15) is 4.79 Å². The van der Waals surface area contributed by atoms with Gasteiger partial charge in [0.25, 0.3) is 0 Å². The molecule has 0 aliphatic heterocycles. The topological polar surface area (TPSA) is 90.4 Å². The zero-order chi connectivity index (χ0) is 15.5. The lowest BCUT2D eigenvalue weighted by Gasteiger charge is -2.25. The van der Waals surface area contributed by atoms with Crippen LogP contribution in [0.3, 0.4) is 0 Å². The van der Waals surface area contributed by atoms with Crippen molar-refractivity contribution in [1.29, 1.82) is 0 Å². The first-order valence-corrected chi connectivity index (χ1v) is 7.60. The van der Waals surface area contributed by atoms with E-state index in [2.05, 4.69) is 10.3 Å². The highest BCUT2D eigenvalue weighted by Crippen LogP contribution is 2.26. The number of methoxy groups -OCH3 is 1. The molecule has 0 spiro atoms. The van der Waals surface area contributed by atoms with Crippen molar-refractivity contribution in [1.82, 2.24) is 4.98 Å². The molecule has 22 heavy (non-hydrogen) atoms. The Labute approximate surface area is 129 Å². The molecule has 2 atom stereocenters. The first-order chi connectivity index (χ1) is 10.7. The minimum atomic E-state index is 0.000748. The highest BCUT2D eigenvalue weighted by Gasteiger charge is 2.25. The molecule has 1 heterocycles. The van der Waals surface area contributed by atoms with Gasteiger partial charge in [0, 0.05) is 24.8 Å². The van der Waals surface area contributed by atoms with Crippen LogP contribution in [0.1, 0.15) is 31.6 Å². The molecule has 1 aromatic carbocycles. The molecule has 1 saturated carbocycles. The van der Waals surface area contributed by atoms with Crippen LogP contribution in [0, 0.1) is 5.92 Å². The number of rotatable bonds is 4. The number of ether oxygens (including phenoxy) is 1. The molecule has 3 rings (SSSR count). The Hall–Kier alpha value is -1.92. The minimum Gasteiger partial charge on any atom is -0.438 e. The molecule has 2 unspecified atom stereocenters. The Morgan fingerprint density at radius 1 is 1.50 bits per heavy atom. The summed E-state index contributed by atoms with van der Waals surface area (Å²) in [5, 5.41) is 2.96. The van der Waals surface area contributed by atoms with Gasteiger partial charge in [0.15, 0.2) is 5.58 Å². The van der Waals surface area contributed by atoms with Gasteiger partial charge < -0.3 is 20.2 Å². The number of carbonyl (C=O) groups is 1. The number of nitrogens with one attached hydrogen (secondary N) is 1. The Kier molecular flexibility index (Phi) is 4.40. The van der Waals surface area contributed by atoms with E-state index in [4.69, 9.17) is 14.9 Å². The van der Waals surface area contributed by atoms with E-state index < -0.39 is 0 Å². The maximum absolute atomic E-state index is 12.3. The van der Waals surface area contributed by atoms with E-state index in [1.807, 2.05) is 18.2 Å². The van der Waals surface area contributed by atoms with Crippen molar-refractivity contribution in [2.24, 2.45) is 11.7 Å². The number of aromatic nitrogens is 1. The summed E-state index contributed by atoms with van der Waals surface area (Å²) < 4.78 is 10.5. The summed E-state index contributed by atoms with van der Waals surface area (Å²) in [6.07, 6.45) is 3.69. The van der Waals surface area contributed by atoms with Crippen molar-refractivity contribution < 1.29 is 13.9 Å². The van der Waals surface area contributed by atoms with Gasteiger partial charge in [-0.1, -0.05) is 6.42 Å². The van der Waals surface area contributed by atoms with Crippen LogP contribution in [-0.2, 0) is 16.1 Å². The largest absolute Gasteiger partial charge is 0.438 e. The van der Waals surface area contributed by atoms with Crippen LogP contribution in [0.2, 0.25) is 0 Å². The summed E-state index contributed by atoms with van der Waals surface area (Å²) in [5.41, 5.74) is 8.08. The molecule has 6 heteroatoms. The Morgan fingerprint density at radius 2 is 2.36 bits per heavy atom. The molecule has 3 N–H and O–H groups in total. The fourth-order valence-corrected chi connectivity index (χ4v) is 2.95. The van der Waals surface area contributed by atoms with Gasteiger partial charge in [-0.15, -0.1) is 0 Å². The van der Waals surface area contributed by atoms with E-state index in [0.29, 0.717) is 23.6 Å². The molecule has 1 aliphatic carbocycles. The van der Waals surface area contributed by atoms with Crippen LogP contribution in [0.5, 0.6) is 0 Å². The van der Waals surface area contributed by atoms with Gasteiger partial charge in [-0.3, -0.25) is 4.79 Å². The van der Waals surface area contributed by atoms with Gasteiger partial charge in [-0.25, -0.2) is 4.98 Å². The SMILES string of the molecule is COCc1nc2cc(NC(=O)C3CCCC(N)C3)ccc2o1. The molecule has 1 amide bonds. The number of fused-ring (bicyclic) bond motifs is 1. The molecular formula is C16H21N3O3. The molecule has 0 radical (unpaired) electrons. The van der Waals surface area contributed by atoms with Crippen LogP contribution in [0.15, 0.2) is 22.6 Å². The summed E-state index contributed by atoms with van der Waals surface area (Å²) in [6.45, 7) is 0.330. The third kappa shape index (κ3) is 3.28. The van der Waals surface area contributed by atoms with Crippen LogP contribution in [-0.4, -0.2) is 24.0 Å². The fourth-order valence-electron chi connectivity index (χ4n) is 2.95. The minimum absolute atomic E-state index is 0.000748. The smallest absolute Gasteiger partial charge is 0.227 e. The van der Waals surface area contributed by atoms with Crippen molar-refractivity contribution in [3.63, 3.8) is 0 Å². The van der Waals surface area contributed by atoms with Crippen LogP contribution < -0.4 is 11.1 Å². The Morgan fingerprint density at radius 3 is 3.14 bits per heavy atom. The summed E-state index contributed by atoms with van der Waals surface area (Å²) >= 11 is 0. The van der Waals surface area contributed by atoms with Crippen LogP contribution in [0.4, 0.5) is 5.69 Å². The number of amides is 1. The summed E-state index contributed by atoms with van der Waals surface area (Å²) in [5.74, 6) is 0.565. The Balaban J connectivity index is 1.71. The molecule has 118 valence electrons. The monoisotopic (exact) mass is 303 g/mol. The lowest BCUT2D eigenvalue weighted by Crippen LogP contribution is -2.34. The predicted octanol–water partition coefficient (Wildman–Crippen LogP) is 2.43. The second-order valence-corrected chi connectivity index (χ2v) is 5.84. The zero-order valence-electron chi connectivity index (χ0n) is 12.7. The normalized spacial score (nSPS) is 21.9. The van der Waals surface area contributed by atoms with E-state index in [1.165, 1.54) is 0 Å². The number of benzene rings is 1. The van der Waals surface area contributed by atoms with E-state index in [0.717, 1.165) is 31.4 Å². The van der Waals surface area contributed by atoms with E-state index >= 15 is 0 Å². The number of hydrogen-bond acceptors (Lipinski definition) is 5. The first-order valence-electron chi connectivity index (χ1n) is 7.60. The van der Waals surface area contributed by atoms with Crippen molar-refractivity contribution in [2.45, 2.75) is 38.3 Å². The fraction of sp³-hybridized carbons (Fsp3) is 0.500. The zero-order valence-corrected chi connectivity index (χ0v) is 12.7. The summed E-state index contributed by atoms with van der Waals surface area (Å²) in [7, 11) is 1.59. The van der Waals surface area contributed by atoms with Crippen LogP contribution in [0.25, 0.3) is 11.1 Å². The van der Waals surface area contributed by atoms with E-state index in [-0.39, 0.29) is 17.9 Å². The molecule has 1 aromatic heterocycles. The average molecular weight is 303 g/mol. The Bertz CT molecular complexity index is 668. The second-order valence-electron chi connectivity index (χ2n) is 5.84. The van der Waals surface area contributed by atoms with Gasteiger partial charge in [-0.05, 0) is 37.5 Å². The number of oxazole rings is 1. The standard InChI is InChI=1S/C16H21N3O3/c1-21-9-15-19-13-8-12(5-6-14(13)22-15)18-16(20)10-3-2-4-11(17)7-10/h5-6,8,10-11H,2-4,7,9,17H2,1H3,(H,18,20). The quantitative estimate of drug-likeness (QED) is 0.905. The highest BCUT2D eigenvalue weighted by atomic mass is 16.5. The number of carbonyl (C=O) groups excluding carboxylic acids is 1. The lowest BCUT2D eigenvalue weighted by atomic mass is 9.85. The third-order valence-electron chi connectivity index (χ3n) is 4.05. The summed E-state index contributed by atoms with van der Waals surface area (Å²) in [4.78, 5) is 16.7. The summed E-state index contributed by atoms with van der Waals surface area (Å²) in [6, 6.07) is 5.59. The molecular weight excluding hydrogens is 282 g/mol. The van der Waals surface area contributed by atoms with Crippen molar-refractivity contribution >= 4 is 22.7 Å². The van der Waals surface area contributed by atoms with E-state index in [1.54, 1.807) is 7.11 Å². The highest BCUT2D eigenvalue weighted by molar-refractivity contribution is 5.94. The molecule has 2 aromatic rings. The van der Waals surface area contributed by atoms with Gasteiger partial charge >= 0.3 is 0 Å². The van der Waals surface area contributed by atoms with Crippen molar-refractivity contribution in [3.05, 3.63) is 24.1 Å². The third-order valence-corrected chi connectivity index (χ3v) is 4.05. The number of anilines is 1. The molecule has 1 fully saturated rings.